The van der Waals surface area contributed by atoms with Crippen LogP contribution in [0.5, 0.6) is 0 Å². The molecule has 1 amide bonds. The van der Waals surface area contributed by atoms with Gasteiger partial charge in [-0.3, -0.25) is 14.6 Å². The average molecular weight is 362 g/mol. The molecule has 1 aromatic heterocycles. The van der Waals surface area contributed by atoms with Crippen molar-refractivity contribution in [1.29, 1.82) is 0 Å². The van der Waals surface area contributed by atoms with Crippen LogP contribution in [0.25, 0.3) is 0 Å². The Kier molecular flexibility index (Phi) is 5.73. The van der Waals surface area contributed by atoms with E-state index in [4.69, 9.17) is 0 Å². The number of thiophene rings is 1. The molecule has 0 radical (unpaired) electrons. The Morgan fingerprint density at radius 1 is 1.04 bits per heavy atom. The van der Waals surface area contributed by atoms with Gasteiger partial charge >= 0.3 is 0 Å². The van der Waals surface area contributed by atoms with E-state index < -0.39 is 0 Å². The summed E-state index contributed by atoms with van der Waals surface area (Å²) in [6, 6.07) is 2.93. The maximum absolute atomic E-state index is 12.8. The number of carbonyl (C=O) groups excluding carboxylic acids is 1. The van der Waals surface area contributed by atoms with Gasteiger partial charge in [0.05, 0.1) is 5.92 Å². The van der Waals surface area contributed by atoms with Gasteiger partial charge < -0.3 is 4.90 Å². The molecule has 25 heavy (non-hydrogen) atoms. The zero-order valence-electron chi connectivity index (χ0n) is 15.2. The van der Waals surface area contributed by atoms with Crippen molar-refractivity contribution < 1.29 is 4.79 Å². The first-order valence-electron chi connectivity index (χ1n) is 10.1. The maximum Gasteiger partial charge on any atom is 0.226 e. The van der Waals surface area contributed by atoms with Gasteiger partial charge in [-0.05, 0) is 80.5 Å². The Hall–Kier alpha value is -0.910. The molecule has 3 aliphatic rings. The average Bonchev–Trinajstić information content (AvgIpc) is 3.36. The van der Waals surface area contributed by atoms with E-state index in [1.165, 1.54) is 57.3 Å². The lowest BCUT2D eigenvalue weighted by Gasteiger charge is -2.42. The largest absolute Gasteiger partial charge is 0.342 e. The van der Waals surface area contributed by atoms with Crippen molar-refractivity contribution in [3.05, 3.63) is 22.4 Å². The summed E-state index contributed by atoms with van der Waals surface area (Å²) in [5.41, 5.74) is 1.46. The van der Waals surface area contributed by atoms with E-state index >= 15 is 0 Å². The van der Waals surface area contributed by atoms with Gasteiger partial charge in [-0.2, -0.15) is 11.3 Å². The van der Waals surface area contributed by atoms with Crippen molar-refractivity contribution in [2.24, 2.45) is 5.92 Å². The predicted octanol–water partition coefficient (Wildman–Crippen LogP) is 3.05. The summed E-state index contributed by atoms with van der Waals surface area (Å²) in [5, 5.41) is 4.44. The first kappa shape index (κ1) is 17.5. The molecule has 1 aromatic rings. The van der Waals surface area contributed by atoms with Gasteiger partial charge in [0.2, 0.25) is 5.91 Å². The second-order valence-electron chi connectivity index (χ2n) is 8.01. The zero-order valence-corrected chi connectivity index (χ0v) is 16.1. The number of hydrogen-bond donors (Lipinski definition) is 0. The Balaban J connectivity index is 1.26. The second kappa shape index (κ2) is 8.19. The van der Waals surface area contributed by atoms with Gasteiger partial charge in [-0.1, -0.05) is 0 Å². The number of amides is 1. The van der Waals surface area contributed by atoms with Crippen molar-refractivity contribution in [1.82, 2.24) is 14.7 Å². The summed E-state index contributed by atoms with van der Waals surface area (Å²) in [7, 11) is 0. The molecule has 0 aliphatic carbocycles. The quantitative estimate of drug-likeness (QED) is 0.825. The lowest BCUT2D eigenvalue weighted by molar-refractivity contribution is -0.136. The minimum Gasteiger partial charge on any atom is -0.342 e. The van der Waals surface area contributed by atoms with E-state index in [0.717, 1.165) is 32.6 Å². The van der Waals surface area contributed by atoms with Crippen LogP contribution in [0.1, 0.15) is 44.1 Å². The third-order valence-corrected chi connectivity index (χ3v) is 7.01. The third-order valence-electron chi connectivity index (χ3n) is 6.28. The number of hydrogen-bond acceptors (Lipinski definition) is 4. The normalized spacial score (nSPS) is 27.0. The molecule has 3 aliphatic heterocycles. The van der Waals surface area contributed by atoms with Gasteiger partial charge in [0.1, 0.15) is 0 Å². The van der Waals surface area contributed by atoms with Crippen LogP contribution in [0.3, 0.4) is 0 Å². The lowest BCUT2D eigenvalue weighted by Crippen LogP contribution is -2.50. The van der Waals surface area contributed by atoms with Gasteiger partial charge in [-0.15, -0.1) is 0 Å². The fourth-order valence-electron chi connectivity index (χ4n) is 4.82. The second-order valence-corrected chi connectivity index (χ2v) is 8.79. The van der Waals surface area contributed by atoms with Crippen molar-refractivity contribution in [2.45, 2.75) is 51.1 Å². The molecule has 0 bridgehead atoms. The molecule has 1 atom stereocenters. The molecular weight excluding hydrogens is 330 g/mol. The molecule has 3 fully saturated rings. The van der Waals surface area contributed by atoms with Gasteiger partial charge in [0.25, 0.3) is 0 Å². The maximum atomic E-state index is 12.8. The highest BCUT2D eigenvalue weighted by molar-refractivity contribution is 7.07. The van der Waals surface area contributed by atoms with Crippen LogP contribution < -0.4 is 0 Å². The molecule has 0 aromatic carbocycles. The minimum atomic E-state index is 0.260. The fourth-order valence-corrected chi connectivity index (χ4v) is 5.48. The van der Waals surface area contributed by atoms with E-state index in [1.807, 2.05) is 0 Å². The molecule has 0 spiro atoms. The minimum absolute atomic E-state index is 0.260. The Bertz CT molecular complexity index is 547. The predicted molar refractivity (Wildman–Crippen MR) is 103 cm³/mol. The summed E-state index contributed by atoms with van der Waals surface area (Å²) < 4.78 is 0. The van der Waals surface area contributed by atoms with Crippen LogP contribution in [0.2, 0.25) is 0 Å². The number of likely N-dealkylation sites (tertiary alicyclic amines) is 3. The Morgan fingerprint density at radius 3 is 2.56 bits per heavy atom. The summed E-state index contributed by atoms with van der Waals surface area (Å²) in [6.45, 7) is 7.69. The van der Waals surface area contributed by atoms with Crippen LogP contribution in [-0.4, -0.2) is 65.9 Å². The van der Waals surface area contributed by atoms with Crippen molar-refractivity contribution in [3.8, 4) is 0 Å². The number of piperidine rings is 2. The van der Waals surface area contributed by atoms with E-state index in [9.17, 15) is 4.79 Å². The van der Waals surface area contributed by atoms with E-state index in [1.54, 1.807) is 11.3 Å². The number of carbonyl (C=O) groups is 1. The van der Waals surface area contributed by atoms with E-state index in [0.29, 0.717) is 11.9 Å². The van der Waals surface area contributed by atoms with Crippen LogP contribution in [0, 0.1) is 5.92 Å². The van der Waals surface area contributed by atoms with E-state index in [-0.39, 0.29) is 5.92 Å². The third kappa shape index (κ3) is 4.26. The summed E-state index contributed by atoms with van der Waals surface area (Å²) in [5.74, 6) is 0.702. The summed E-state index contributed by atoms with van der Waals surface area (Å²) in [6.07, 6.45) is 7.21. The highest BCUT2D eigenvalue weighted by atomic mass is 32.1. The molecular formula is C20H31N3OS. The van der Waals surface area contributed by atoms with Crippen LogP contribution in [-0.2, 0) is 11.3 Å². The highest BCUT2D eigenvalue weighted by Gasteiger charge is 2.34. The van der Waals surface area contributed by atoms with E-state index in [2.05, 4.69) is 31.5 Å². The van der Waals surface area contributed by atoms with Crippen LogP contribution >= 0.6 is 11.3 Å². The summed E-state index contributed by atoms with van der Waals surface area (Å²) in [4.78, 5) is 20.1. The first-order valence-corrected chi connectivity index (χ1v) is 11.0. The lowest BCUT2D eigenvalue weighted by atomic mass is 9.93. The van der Waals surface area contributed by atoms with Gasteiger partial charge in [-0.25, -0.2) is 0 Å². The standard InChI is InChI=1S/C20H31N3OS/c24-20(22-8-1-2-9-22)18-4-3-10-23(15-18)19-5-11-21(12-6-19)14-17-7-13-25-16-17/h7,13,16,18-19H,1-6,8-12,14-15H2/t18-/m1/s1. The topological polar surface area (TPSA) is 26.8 Å². The summed E-state index contributed by atoms with van der Waals surface area (Å²) >= 11 is 1.79. The first-order chi connectivity index (χ1) is 12.3. The molecule has 3 saturated heterocycles. The number of nitrogens with zero attached hydrogens (tertiary/aromatic N) is 3. The van der Waals surface area contributed by atoms with Crippen LogP contribution in [0.4, 0.5) is 0 Å². The molecule has 4 rings (SSSR count). The number of rotatable bonds is 4. The molecule has 138 valence electrons. The SMILES string of the molecule is O=C([C@@H]1CCCN(C2CCN(Cc3ccsc3)CC2)C1)N1CCCC1. The molecule has 5 heteroatoms. The Morgan fingerprint density at radius 2 is 1.84 bits per heavy atom. The molecule has 0 unspecified atom stereocenters. The molecule has 0 saturated carbocycles. The Labute approximate surface area is 155 Å². The smallest absolute Gasteiger partial charge is 0.226 e. The van der Waals surface area contributed by atoms with Crippen LogP contribution in [0.15, 0.2) is 16.8 Å². The monoisotopic (exact) mass is 361 g/mol. The van der Waals surface area contributed by atoms with Crippen molar-refractivity contribution in [2.75, 3.05) is 39.3 Å². The molecule has 4 nitrogen and oxygen atoms in total. The molecule has 0 N–H and O–H groups in total. The zero-order chi connectivity index (χ0) is 17.1. The van der Waals surface area contributed by atoms with Crippen molar-refractivity contribution in [3.63, 3.8) is 0 Å². The van der Waals surface area contributed by atoms with Crippen molar-refractivity contribution >= 4 is 17.2 Å². The highest BCUT2D eigenvalue weighted by Crippen LogP contribution is 2.26. The molecule has 4 heterocycles. The fraction of sp³-hybridized carbons (Fsp3) is 0.750. The van der Waals surface area contributed by atoms with Gasteiger partial charge in [0.15, 0.2) is 0 Å². The van der Waals surface area contributed by atoms with Gasteiger partial charge in [0, 0.05) is 32.2 Å².